The number of hydrogen-bond donors (Lipinski definition) is 1. The normalized spacial score (nSPS) is 9.65. The molecule has 0 aliphatic heterocycles. The molecular weight excluding hydrogens is 218 g/mol. The third-order valence-electron chi connectivity index (χ3n) is 2.10. The molecule has 2 aromatic rings. The van der Waals surface area contributed by atoms with Crippen LogP contribution in [-0.4, -0.2) is 10.9 Å². The Hall–Kier alpha value is -2.61. The van der Waals surface area contributed by atoms with Crippen molar-refractivity contribution in [1.29, 1.82) is 5.26 Å². The van der Waals surface area contributed by atoms with Gasteiger partial charge in [-0.2, -0.15) is 5.26 Å². The van der Waals surface area contributed by atoms with E-state index in [0.717, 1.165) is 0 Å². The lowest BCUT2D eigenvalue weighted by atomic mass is 10.2. The molecule has 0 aliphatic carbocycles. The summed E-state index contributed by atoms with van der Waals surface area (Å²) in [7, 11) is 0. The SMILES string of the molecule is Cc1ccc(NC(=O)c2ccc(C#N)cn2)o1. The molecular formula is C12H9N3O2. The molecule has 0 unspecified atom stereocenters. The first-order valence-electron chi connectivity index (χ1n) is 4.93. The molecule has 84 valence electrons. The lowest BCUT2D eigenvalue weighted by Gasteiger charge is -2.00. The first-order chi connectivity index (χ1) is 8.19. The van der Waals surface area contributed by atoms with E-state index in [1.165, 1.54) is 18.3 Å². The molecule has 1 N–H and O–H groups in total. The molecule has 0 fully saturated rings. The number of nitrogens with zero attached hydrogens (tertiary/aromatic N) is 2. The summed E-state index contributed by atoms with van der Waals surface area (Å²) in [6, 6.07) is 8.38. The summed E-state index contributed by atoms with van der Waals surface area (Å²) >= 11 is 0. The molecule has 5 nitrogen and oxygen atoms in total. The van der Waals surface area contributed by atoms with E-state index in [9.17, 15) is 4.79 Å². The Kier molecular flexibility index (Phi) is 2.88. The summed E-state index contributed by atoms with van der Waals surface area (Å²) in [4.78, 5) is 15.6. The minimum absolute atomic E-state index is 0.234. The summed E-state index contributed by atoms with van der Waals surface area (Å²) < 4.78 is 5.21. The molecule has 0 bridgehead atoms. The fourth-order valence-electron chi connectivity index (χ4n) is 1.27. The van der Waals surface area contributed by atoms with Crippen molar-refractivity contribution < 1.29 is 9.21 Å². The average molecular weight is 227 g/mol. The fourth-order valence-corrected chi connectivity index (χ4v) is 1.27. The maximum Gasteiger partial charge on any atom is 0.276 e. The smallest absolute Gasteiger partial charge is 0.276 e. The van der Waals surface area contributed by atoms with Gasteiger partial charge in [0.1, 0.15) is 17.5 Å². The van der Waals surface area contributed by atoms with Crippen molar-refractivity contribution in [3.63, 3.8) is 0 Å². The van der Waals surface area contributed by atoms with E-state index in [1.54, 1.807) is 19.1 Å². The van der Waals surface area contributed by atoms with Crippen molar-refractivity contribution in [1.82, 2.24) is 4.98 Å². The van der Waals surface area contributed by atoms with Crippen molar-refractivity contribution >= 4 is 11.8 Å². The van der Waals surface area contributed by atoms with Gasteiger partial charge in [-0.1, -0.05) is 0 Å². The van der Waals surface area contributed by atoms with E-state index >= 15 is 0 Å². The van der Waals surface area contributed by atoms with E-state index in [2.05, 4.69) is 10.3 Å². The van der Waals surface area contributed by atoms with Crippen molar-refractivity contribution in [2.24, 2.45) is 0 Å². The van der Waals surface area contributed by atoms with Crippen LogP contribution in [0.5, 0.6) is 0 Å². The highest BCUT2D eigenvalue weighted by molar-refractivity contribution is 6.02. The Bertz CT molecular complexity index is 579. The molecule has 0 spiro atoms. The third kappa shape index (κ3) is 2.49. The number of carbonyl (C=O) groups is 1. The minimum atomic E-state index is -0.371. The maximum absolute atomic E-state index is 11.7. The quantitative estimate of drug-likeness (QED) is 0.852. The van der Waals surface area contributed by atoms with Crippen LogP contribution < -0.4 is 5.32 Å². The second kappa shape index (κ2) is 4.49. The van der Waals surface area contributed by atoms with Gasteiger partial charge in [0.15, 0.2) is 5.88 Å². The molecule has 2 rings (SSSR count). The Labute approximate surface area is 97.7 Å². The van der Waals surface area contributed by atoms with E-state index in [4.69, 9.17) is 9.68 Å². The molecule has 2 heterocycles. The zero-order valence-electron chi connectivity index (χ0n) is 9.10. The Balaban J connectivity index is 2.12. The number of nitriles is 1. The number of nitrogens with one attached hydrogen (secondary N) is 1. The van der Waals surface area contributed by atoms with Gasteiger partial charge < -0.3 is 4.42 Å². The number of carbonyl (C=O) groups excluding carboxylic acids is 1. The number of aromatic nitrogens is 1. The van der Waals surface area contributed by atoms with Gasteiger partial charge >= 0.3 is 0 Å². The standard InChI is InChI=1S/C12H9N3O2/c1-8-2-5-11(17-8)15-12(16)10-4-3-9(6-13)7-14-10/h2-5,7H,1H3,(H,15,16). The van der Waals surface area contributed by atoms with Gasteiger partial charge in [0.05, 0.1) is 5.56 Å². The van der Waals surface area contributed by atoms with Crippen LogP contribution in [0, 0.1) is 18.3 Å². The Morgan fingerprint density at radius 1 is 1.41 bits per heavy atom. The van der Waals surface area contributed by atoms with Crippen molar-refractivity contribution in [3.8, 4) is 6.07 Å². The topological polar surface area (TPSA) is 78.9 Å². The van der Waals surface area contributed by atoms with Gasteiger partial charge in [-0.15, -0.1) is 0 Å². The molecule has 0 radical (unpaired) electrons. The lowest BCUT2D eigenvalue weighted by molar-refractivity contribution is 0.102. The highest BCUT2D eigenvalue weighted by Crippen LogP contribution is 2.12. The number of amides is 1. The van der Waals surface area contributed by atoms with Crippen LogP contribution >= 0.6 is 0 Å². The highest BCUT2D eigenvalue weighted by Gasteiger charge is 2.09. The molecule has 5 heteroatoms. The molecule has 0 aromatic carbocycles. The molecule has 2 aromatic heterocycles. The van der Waals surface area contributed by atoms with Crippen LogP contribution in [0.25, 0.3) is 0 Å². The third-order valence-corrected chi connectivity index (χ3v) is 2.10. The lowest BCUT2D eigenvalue weighted by Crippen LogP contribution is -2.12. The van der Waals surface area contributed by atoms with E-state index in [-0.39, 0.29) is 11.6 Å². The summed E-state index contributed by atoms with van der Waals surface area (Å²) in [6.45, 7) is 1.79. The van der Waals surface area contributed by atoms with Gasteiger partial charge in [-0.05, 0) is 25.1 Å². The first kappa shape index (κ1) is 10.9. The summed E-state index contributed by atoms with van der Waals surface area (Å²) in [5.41, 5.74) is 0.647. The summed E-state index contributed by atoms with van der Waals surface area (Å²) in [5.74, 6) is 0.718. The van der Waals surface area contributed by atoms with Gasteiger partial charge in [0.2, 0.25) is 0 Å². The second-order valence-corrected chi connectivity index (χ2v) is 3.41. The maximum atomic E-state index is 11.7. The largest absolute Gasteiger partial charge is 0.446 e. The van der Waals surface area contributed by atoms with Crippen molar-refractivity contribution in [2.45, 2.75) is 6.92 Å². The summed E-state index contributed by atoms with van der Waals surface area (Å²) in [6.07, 6.45) is 1.35. The van der Waals surface area contributed by atoms with Gasteiger partial charge in [-0.25, -0.2) is 4.98 Å². The number of anilines is 1. The molecule has 17 heavy (non-hydrogen) atoms. The van der Waals surface area contributed by atoms with Crippen LogP contribution in [0.3, 0.4) is 0 Å². The molecule has 1 amide bonds. The van der Waals surface area contributed by atoms with Crippen LogP contribution in [0.1, 0.15) is 21.8 Å². The minimum Gasteiger partial charge on any atom is -0.446 e. The van der Waals surface area contributed by atoms with E-state index in [0.29, 0.717) is 17.2 Å². The fraction of sp³-hybridized carbons (Fsp3) is 0.0833. The van der Waals surface area contributed by atoms with Crippen molar-refractivity contribution in [2.75, 3.05) is 5.32 Å². The molecule has 0 saturated carbocycles. The van der Waals surface area contributed by atoms with Gasteiger partial charge in [-0.3, -0.25) is 10.1 Å². The van der Waals surface area contributed by atoms with E-state index < -0.39 is 0 Å². The molecule has 0 saturated heterocycles. The number of aryl methyl sites for hydroxylation is 1. The van der Waals surface area contributed by atoms with Crippen LogP contribution in [-0.2, 0) is 0 Å². The monoisotopic (exact) mass is 227 g/mol. The molecule has 0 atom stereocenters. The summed E-state index contributed by atoms with van der Waals surface area (Å²) in [5, 5.41) is 11.2. The van der Waals surface area contributed by atoms with Crippen molar-refractivity contribution in [3.05, 3.63) is 47.5 Å². The zero-order valence-corrected chi connectivity index (χ0v) is 9.10. The van der Waals surface area contributed by atoms with Crippen LogP contribution in [0.4, 0.5) is 5.88 Å². The average Bonchev–Trinajstić information content (AvgIpc) is 2.75. The first-order valence-corrected chi connectivity index (χ1v) is 4.93. The van der Waals surface area contributed by atoms with Gasteiger partial charge in [0.25, 0.3) is 5.91 Å². The predicted molar refractivity (Wildman–Crippen MR) is 60.4 cm³/mol. The number of rotatable bonds is 2. The van der Waals surface area contributed by atoms with Crippen LogP contribution in [0.2, 0.25) is 0 Å². The predicted octanol–water partition coefficient (Wildman–Crippen LogP) is 2.11. The number of pyridine rings is 1. The second-order valence-electron chi connectivity index (χ2n) is 3.41. The highest BCUT2D eigenvalue weighted by atomic mass is 16.4. The Morgan fingerprint density at radius 3 is 2.76 bits per heavy atom. The van der Waals surface area contributed by atoms with Crippen LogP contribution in [0.15, 0.2) is 34.9 Å². The Morgan fingerprint density at radius 2 is 2.24 bits per heavy atom. The zero-order chi connectivity index (χ0) is 12.3. The molecule has 0 aliphatic rings. The number of hydrogen-bond acceptors (Lipinski definition) is 4. The van der Waals surface area contributed by atoms with E-state index in [1.807, 2.05) is 6.07 Å². The number of furan rings is 1. The van der Waals surface area contributed by atoms with Gasteiger partial charge in [0, 0.05) is 12.3 Å².